The lowest BCUT2D eigenvalue weighted by Gasteiger charge is -2.40. The Morgan fingerprint density at radius 2 is 2.00 bits per heavy atom. The fourth-order valence-electron chi connectivity index (χ4n) is 2.67. The van der Waals surface area contributed by atoms with Gasteiger partial charge in [-0.2, -0.15) is 0 Å². The van der Waals surface area contributed by atoms with Gasteiger partial charge in [-0.3, -0.25) is 4.79 Å². The predicted molar refractivity (Wildman–Crippen MR) is 79.2 cm³/mol. The molecular weight excluding hydrogens is 238 g/mol. The zero-order valence-electron chi connectivity index (χ0n) is 11.8. The first-order chi connectivity index (χ1) is 8.95. The SMILES string of the molecule is CCC1(C)CCN(c2ccc(N)cc2C(N)=O)CC1. The second-order valence-electron chi connectivity index (χ2n) is 5.79. The van der Waals surface area contributed by atoms with E-state index in [-0.39, 0.29) is 0 Å². The van der Waals surface area contributed by atoms with Crippen molar-refractivity contribution in [1.29, 1.82) is 0 Å². The van der Waals surface area contributed by atoms with E-state index in [2.05, 4.69) is 18.7 Å². The number of anilines is 2. The summed E-state index contributed by atoms with van der Waals surface area (Å²) in [6.07, 6.45) is 3.49. The number of nitrogens with two attached hydrogens (primary N) is 2. The number of nitrogen functional groups attached to an aromatic ring is 1. The van der Waals surface area contributed by atoms with Crippen LogP contribution in [0.5, 0.6) is 0 Å². The minimum Gasteiger partial charge on any atom is -0.399 e. The van der Waals surface area contributed by atoms with Crippen LogP contribution in [0.15, 0.2) is 18.2 Å². The van der Waals surface area contributed by atoms with Crippen molar-refractivity contribution in [3.05, 3.63) is 23.8 Å². The molecule has 4 heteroatoms. The Bertz CT molecular complexity index is 476. The summed E-state index contributed by atoms with van der Waals surface area (Å²) < 4.78 is 0. The number of hydrogen-bond donors (Lipinski definition) is 2. The van der Waals surface area contributed by atoms with Crippen LogP contribution in [0.3, 0.4) is 0 Å². The highest BCUT2D eigenvalue weighted by atomic mass is 16.1. The molecular formula is C15H23N3O. The summed E-state index contributed by atoms with van der Waals surface area (Å²) in [5.74, 6) is -0.411. The Kier molecular flexibility index (Phi) is 3.69. The summed E-state index contributed by atoms with van der Waals surface area (Å²) >= 11 is 0. The number of primary amides is 1. The summed E-state index contributed by atoms with van der Waals surface area (Å²) in [6.45, 7) is 6.51. The molecule has 0 spiro atoms. The number of piperidine rings is 1. The first-order valence-electron chi connectivity index (χ1n) is 6.89. The van der Waals surface area contributed by atoms with Crippen LogP contribution in [-0.4, -0.2) is 19.0 Å². The Balaban J connectivity index is 2.22. The number of hydrogen-bond acceptors (Lipinski definition) is 3. The second kappa shape index (κ2) is 5.11. The van der Waals surface area contributed by atoms with Crippen LogP contribution in [-0.2, 0) is 0 Å². The second-order valence-corrected chi connectivity index (χ2v) is 5.79. The van der Waals surface area contributed by atoms with Gasteiger partial charge in [-0.25, -0.2) is 0 Å². The van der Waals surface area contributed by atoms with E-state index in [4.69, 9.17) is 11.5 Å². The van der Waals surface area contributed by atoms with Crippen molar-refractivity contribution in [3.8, 4) is 0 Å². The van der Waals surface area contributed by atoms with Crippen molar-refractivity contribution < 1.29 is 4.79 Å². The molecule has 104 valence electrons. The number of carbonyl (C=O) groups is 1. The van der Waals surface area contributed by atoms with E-state index >= 15 is 0 Å². The van der Waals surface area contributed by atoms with Crippen molar-refractivity contribution in [2.75, 3.05) is 23.7 Å². The van der Waals surface area contributed by atoms with Gasteiger partial charge >= 0.3 is 0 Å². The number of amides is 1. The summed E-state index contributed by atoms with van der Waals surface area (Å²) in [4.78, 5) is 13.8. The lowest BCUT2D eigenvalue weighted by molar-refractivity contribution is 0.100. The van der Waals surface area contributed by atoms with Gasteiger partial charge in [0.1, 0.15) is 0 Å². The van der Waals surface area contributed by atoms with E-state index in [0.29, 0.717) is 16.7 Å². The number of benzene rings is 1. The highest BCUT2D eigenvalue weighted by molar-refractivity contribution is 5.99. The van der Waals surface area contributed by atoms with Gasteiger partial charge in [0, 0.05) is 24.5 Å². The van der Waals surface area contributed by atoms with Gasteiger partial charge in [-0.15, -0.1) is 0 Å². The van der Waals surface area contributed by atoms with E-state index in [9.17, 15) is 4.79 Å². The Hall–Kier alpha value is -1.71. The Morgan fingerprint density at radius 3 is 2.53 bits per heavy atom. The molecule has 1 aromatic rings. The molecule has 1 aliphatic rings. The quantitative estimate of drug-likeness (QED) is 0.820. The largest absolute Gasteiger partial charge is 0.399 e. The number of nitrogens with zero attached hydrogens (tertiary/aromatic N) is 1. The molecule has 1 aromatic carbocycles. The topological polar surface area (TPSA) is 72.3 Å². The summed E-state index contributed by atoms with van der Waals surface area (Å²) in [7, 11) is 0. The molecule has 2 rings (SSSR count). The van der Waals surface area contributed by atoms with Crippen molar-refractivity contribution in [1.82, 2.24) is 0 Å². The molecule has 0 bridgehead atoms. The van der Waals surface area contributed by atoms with E-state index in [0.717, 1.165) is 31.6 Å². The summed E-state index contributed by atoms with van der Waals surface area (Å²) in [6, 6.07) is 5.41. The highest BCUT2D eigenvalue weighted by Gasteiger charge is 2.29. The average Bonchev–Trinajstić information content (AvgIpc) is 2.40. The molecule has 1 fully saturated rings. The van der Waals surface area contributed by atoms with Gasteiger partial charge < -0.3 is 16.4 Å². The van der Waals surface area contributed by atoms with Crippen molar-refractivity contribution in [2.45, 2.75) is 33.1 Å². The van der Waals surface area contributed by atoms with E-state index in [1.54, 1.807) is 6.07 Å². The molecule has 4 N–H and O–H groups in total. The van der Waals surface area contributed by atoms with Crippen LogP contribution in [0.2, 0.25) is 0 Å². The van der Waals surface area contributed by atoms with E-state index in [1.807, 2.05) is 12.1 Å². The molecule has 4 nitrogen and oxygen atoms in total. The van der Waals surface area contributed by atoms with Crippen molar-refractivity contribution >= 4 is 17.3 Å². The first-order valence-corrected chi connectivity index (χ1v) is 6.89. The van der Waals surface area contributed by atoms with E-state index < -0.39 is 5.91 Å². The maximum atomic E-state index is 11.5. The fraction of sp³-hybridized carbons (Fsp3) is 0.533. The molecule has 0 atom stereocenters. The molecule has 19 heavy (non-hydrogen) atoms. The molecule has 1 aliphatic heterocycles. The average molecular weight is 261 g/mol. The standard InChI is InChI=1S/C15H23N3O/c1-3-15(2)6-8-18(9-7-15)13-5-4-11(16)10-12(13)14(17)19/h4-5,10H,3,6-9,16H2,1-2H3,(H2,17,19). The van der Waals surface area contributed by atoms with Gasteiger partial charge in [0.2, 0.25) is 0 Å². The van der Waals surface area contributed by atoms with Crippen LogP contribution in [0.4, 0.5) is 11.4 Å². The summed E-state index contributed by atoms with van der Waals surface area (Å²) in [5.41, 5.74) is 13.6. The van der Waals surface area contributed by atoms with Crippen LogP contribution in [0.25, 0.3) is 0 Å². The highest BCUT2D eigenvalue weighted by Crippen LogP contribution is 2.36. The maximum Gasteiger partial charge on any atom is 0.250 e. The van der Waals surface area contributed by atoms with Crippen molar-refractivity contribution in [3.63, 3.8) is 0 Å². The van der Waals surface area contributed by atoms with Gasteiger partial charge in [0.05, 0.1) is 5.56 Å². The zero-order chi connectivity index (χ0) is 14.0. The van der Waals surface area contributed by atoms with Crippen LogP contribution >= 0.6 is 0 Å². The molecule has 0 aromatic heterocycles. The Morgan fingerprint density at radius 1 is 1.37 bits per heavy atom. The summed E-state index contributed by atoms with van der Waals surface area (Å²) in [5, 5.41) is 0. The lowest BCUT2D eigenvalue weighted by Crippen LogP contribution is -2.39. The Labute approximate surface area is 114 Å². The fourth-order valence-corrected chi connectivity index (χ4v) is 2.67. The lowest BCUT2D eigenvalue weighted by atomic mass is 9.78. The molecule has 0 saturated carbocycles. The van der Waals surface area contributed by atoms with Crippen LogP contribution < -0.4 is 16.4 Å². The maximum absolute atomic E-state index is 11.5. The molecule has 0 unspecified atom stereocenters. The zero-order valence-corrected chi connectivity index (χ0v) is 11.8. The third-order valence-electron chi connectivity index (χ3n) is 4.45. The third kappa shape index (κ3) is 2.83. The molecule has 1 heterocycles. The van der Waals surface area contributed by atoms with Gasteiger partial charge in [-0.1, -0.05) is 20.3 Å². The minimum atomic E-state index is -0.411. The van der Waals surface area contributed by atoms with Crippen LogP contribution in [0.1, 0.15) is 43.5 Å². The molecule has 0 radical (unpaired) electrons. The van der Waals surface area contributed by atoms with Gasteiger partial charge in [0.15, 0.2) is 0 Å². The smallest absolute Gasteiger partial charge is 0.250 e. The molecule has 1 saturated heterocycles. The van der Waals surface area contributed by atoms with Crippen molar-refractivity contribution in [2.24, 2.45) is 11.1 Å². The monoisotopic (exact) mass is 261 g/mol. The number of rotatable bonds is 3. The molecule has 1 amide bonds. The number of carbonyl (C=O) groups excluding carboxylic acids is 1. The first kappa shape index (κ1) is 13.7. The normalized spacial score (nSPS) is 18.3. The predicted octanol–water partition coefficient (Wildman–Crippen LogP) is 2.38. The van der Waals surface area contributed by atoms with Gasteiger partial charge in [0.25, 0.3) is 5.91 Å². The molecule has 0 aliphatic carbocycles. The van der Waals surface area contributed by atoms with Crippen LogP contribution in [0, 0.1) is 5.41 Å². The van der Waals surface area contributed by atoms with Gasteiger partial charge in [-0.05, 0) is 36.5 Å². The third-order valence-corrected chi connectivity index (χ3v) is 4.45. The van der Waals surface area contributed by atoms with E-state index in [1.165, 1.54) is 6.42 Å². The minimum absolute atomic E-state index is 0.411.